The van der Waals surface area contributed by atoms with Crippen LogP contribution in [0.1, 0.15) is 31.2 Å². The highest BCUT2D eigenvalue weighted by Crippen LogP contribution is 2.49. The minimum atomic E-state index is -0.471. The van der Waals surface area contributed by atoms with E-state index in [1.54, 1.807) is 25.7 Å². The van der Waals surface area contributed by atoms with E-state index in [9.17, 15) is 10.1 Å². The topological polar surface area (TPSA) is 110 Å². The van der Waals surface area contributed by atoms with Crippen LogP contribution in [0.15, 0.2) is 51.1 Å². The van der Waals surface area contributed by atoms with E-state index < -0.39 is 12.6 Å². The molecule has 3 N–H and O–H groups in total. The fourth-order valence-electron chi connectivity index (χ4n) is 2.92. The fourth-order valence-corrected chi connectivity index (χ4v) is 3.33. The molecule has 28 heavy (non-hydrogen) atoms. The maximum atomic E-state index is 11.9. The number of nitriles is 1. The van der Waals surface area contributed by atoms with E-state index in [1.165, 1.54) is 16.7 Å². The fraction of sp³-hybridized carbons (Fsp3) is 0.400. The summed E-state index contributed by atoms with van der Waals surface area (Å²) in [6, 6.07) is 10.6. The Bertz CT molecular complexity index is 824. The van der Waals surface area contributed by atoms with Crippen molar-refractivity contribution in [1.82, 2.24) is 10.6 Å². The molecule has 2 atom stereocenters. The zero-order valence-corrected chi connectivity index (χ0v) is 17.1. The summed E-state index contributed by atoms with van der Waals surface area (Å²) in [7, 11) is 1.66. The van der Waals surface area contributed by atoms with E-state index >= 15 is 0 Å². The maximum absolute atomic E-state index is 11.9. The SMILES string of the molecule is CN/C=C(C(=O)NCO)/C(C)=N/N=C(/C#N)CC1C[C@@H]1c1ccc(SC)cc1. The first-order chi connectivity index (χ1) is 13.5. The van der Waals surface area contributed by atoms with Gasteiger partial charge in [-0.1, -0.05) is 12.1 Å². The highest BCUT2D eigenvalue weighted by Gasteiger charge is 2.38. The van der Waals surface area contributed by atoms with Crippen molar-refractivity contribution in [1.29, 1.82) is 5.26 Å². The van der Waals surface area contributed by atoms with E-state index in [0.717, 1.165) is 6.42 Å². The average Bonchev–Trinajstić information content (AvgIpc) is 3.48. The van der Waals surface area contributed by atoms with Gasteiger partial charge in [-0.15, -0.1) is 16.9 Å². The highest BCUT2D eigenvalue weighted by atomic mass is 32.2. The monoisotopic (exact) mass is 399 g/mol. The van der Waals surface area contributed by atoms with Gasteiger partial charge < -0.3 is 15.7 Å². The first kappa shape index (κ1) is 21.7. The summed E-state index contributed by atoms with van der Waals surface area (Å²) in [5, 5.41) is 31.4. The zero-order chi connectivity index (χ0) is 20.5. The second kappa shape index (κ2) is 10.6. The van der Waals surface area contributed by atoms with Crippen molar-refractivity contribution in [3.05, 3.63) is 41.6 Å². The van der Waals surface area contributed by atoms with Gasteiger partial charge in [-0.05, 0) is 49.1 Å². The van der Waals surface area contributed by atoms with Crippen LogP contribution >= 0.6 is 11.8 Å². The number of amides is 1. The van der Waals surface area contributed by atoms with Crippen LogP contribution in [0.25, 0.3) is 0 Å². The number of aliphatic hydroxyl groups is 1. The van der Waals surface area contributed by atoms with Gasteiger partial charge in [0.2, 0.25) is 0 Å². The van der Waals surface area contributed by atoms with Crippen LogP contribution in [0.5, 0.6) is 0 Å². The van der Waals surface area contributed by atoms with Crippen molar-refractivity contribution in [3.63, 3.8) is 0 Å². The highest BCUT2D eigenvalue weighted by molar-refractivity contribution is 7.98. The molecule has 1 aliphatic carbocycles. The summed E-state index contributed by atoms with van der Waals surface area (Å²) < 4.78 is 0. The number of thioether (sulfide) groups is 1. The summed E-state index contributed by atoms with van der Waals surface area (Å²) >= 11 is 1.72. The number of rotatable bonds is 9. The molecule has 0 bridgehead atoms. The van der Waals surface area contributed by atoms with Gasteiger partial charge >= 0.3 is 0 Å². The molecular weight excluding hydrogens is 374 g/mol. The van der Waals surface area contributed by atoms with Gasteiger partial charge in [0, 0.05) is 24.6 Å². The Balaban J connectivity index is 2.03. The first-order valence-corrected chi connectivity index (χ1v) is 10.2. The van der Waals surface area contributed by atoms with E-state index in [0.29, 0.717) is 29.7 Å². The van der Waals surface area contributed by atoms with Gasteiger partial charge in [0.05, 0.1) is 11.3 Å². The number of hydrogen-bond donors (Lipinski definition) is 3. The quantitative estimate of drug-likeness (QED) is 0.194. The maximum Gasteiger partial charge on any atom is 0.256 e. The lowest BCUT2D eigenvalue weighted by atomic mass is 10.1. The lowest BCUT2D eigenvalue weighted by Gasteiger charge is -2.06. The van der Waals surface area contributed by atoms with Crippen molar-refractivity contribution in [2.24, 2.45) is 16.1 Å². The zero-order valence-electron chi connectivity index (χ0n) is 16.3. The second-order valence-electron chi connectivity index (χ2n) is 6.43. The Hall–Kier alpha value is -2.63. The van der Waals surface area contributed by atoms with E-state index in [1.807, 2.05) is 0 Å². The molecule has 1 fully saturated rings. The van der Waals surface area contributed by atoms with E-state index in [-0.39, 0.29) is 5.57 Å². The van der Waals surface area contributed by atoms with E-state index in [4.69, 9.17) is 5.11 Å². The Labute approximate surface area is 169 Å². The Morgan fingerprint density at radius 1 is 1.39 bits per heavy atom. The summed E-state index contributed by atoms with van der Waals surface area (Å²) in [6.45, 7) is 1.16. The molecule has 1 aromatic carbocycles. The van der Waals surface area contributed by atoms with Gasteiger partial charge in [-0.25, -0.2) is 0 Å². The van der Waals surface area contributed by atoms with Crippen LogP contribution < -0.4 is 10.6 Å². The Morgan fingerprint density at radius 2 is 2.11 bits per heavy atom. The number of carbonyl (C=O) groups excluding carboxylic acids is 1. The molecule has 0 radical (unpaired) electrons. The average molecular weight is 400 g/mol. The molecule has 1 aromatic rings. The smallest absolute Gasteiger partial charge is 0.256 e. The summed E-state index contributed by atoms with van der Waals surface area (Å²) in [4.78, 5) is 13.2. The van der Waals surface area contributed by atoms with Gasteiger partial charge in [-0.2, -0.15) is 10.4 Å². The molecule has 1 saturated carbocycles. The van der Waals surface area contributed by atoms with Crippen molar-refractivity contribution < 1.29 is 9.90 Å². The molecular formula is C20H25N5O2S. The largest absolute Gasteiger partial charge is 0.393 e. The third-order valence-corrected chi connectivity index (χ3v) is 5.28. The molecule has 7 nitrogen and oxygen atoms in total. The number of hydrogen-bond acceptors (Lipinski definition) is 7. The summed E-state index contributed by atoms with van der Waals surface area (Å²) in [6.07, 6.45) is 5.13. The van der Waals surface area contributed by atoms with Crippen molar-refractivity contribution in [3.8, 4) is 6.07 Å². The number of nitrogens with zero attached hydrogens (tertiary/aromatic N) is 3. The predicted molar refractivity (Wildman–Crippen MR) is 112 cm³/mol. The summed E-state index contributed by atoms with van der Waals surface area (Å²) in [5.41, 5.74) is 2.24. The molecule has 1 unspecified atom stereocenters. The van der Waals surface area contributed by atoms with Crippen LogP contribution in [0.4, 0.5) is 0 Å². The van der Waals surface area contributed by atoms with Crippen LogP contribution in [-0.2, 0) is 4.79 Å². The number of benzene rings is 1. The van der Waals surface area contributed by atoms with Crippen LogP contribution in [0.3, 0.4) is 0 Å². The Morgan fingerprint density at radius 3 is 2.68 bits per heavy atom. The normalized spacial score (nSPS) is 19.8. The van der Waals surface area contributed by atoms with Gasteiger partial charge in [-0.3, -0.25) is 4.79 Å². The van der Waals surface area contributed by atoms with E-state index in [2.05, 4.69) is 57.4 Å². The second-order valence-corrected chi connectivity index (χ2v) is 7.31. The molecule has 8 heteroatoms. The third kappa shape index (κ3) is 5.94. The van der Waals surface area contributed by atoms with Crippen molar-refractivity contribution in [2.75, 3.05) is 20.0 Å². The lowest BCUT2D eigenvalue weighted by molar-refractivity contribution is -0.118. The number of aliphatic hydroxyl groups excluding tert-OH is 1. The predicted octanol–water partition coefficient (Wildman–Crippen LogP) is 2.41. The molecule has 1 aliphatic rings. The first-order valence-electron chi connectivity index (χ1n) is 8.96. The van der Waals surface area contributed by atoms with Crippen molar-refractivity contribution >= 4 is 29.1 Å². The molecule has 0 aliphatic heterocycles. The molecule has 0 aromatic heterocycles. The van der Waals surface area contributed by atoms with Gasteiger partial charge in [0.1, 0.15) is 18.5 Å². The van der Waals surface area contributed by atoms with Gasteiger partial charge in [0.25, 0.3) is 5.91 Å². The van der Waals surface area contributed by atoms with Crippen LogP contribution in [0, 0.1) is 17.2 Å². The molecule has 0 spiro atoms. The molecule has 0 saturated heterocycles. The number of carbonyl (C=O) groups is 1. The minimum Gasteiger partial charge on any atom is -0.393 e. The van der Waals surface area contributed by atoms with Crippen LogP contribution in [0.2, 0.25) is 0 Å². The molecule has 2 rings (SSSR count). The Kier molecular flexibility index (Phi) is 8.23. The lowest BCUT2D eigenvalue weighted by Crippen LogP contribution is -2.29. The molecule has 148 valence electrons. The van der Waals surface area contributed by atoms with Crippen molar-refractivity contribution in [2.45, 2.75) is 30.6 Å². The standard InChI is InChI=1S/C20H25N5O2S/c1-13(19(11-22-2)20(27)23-12-26)24-25-16(10-21)8-15-9-18(15)14-4-6-17(28-3)7-5-14/h4-7,11,15,18,22,26H,8-9,12H2,1-3H3,(H,23,27)/b19-11-,24-13+,25-16+/t15?,18-/m1/s1. The van der Waals surface area contributed by atoms with Gasteiger partial charge in [0.15, 0.2) is 0 Å². The number of nitrogens with one attached hydrogen (secondary N) is 2. The third-order valence-electron chi connectivity index (χ3n) is 4.53. The molecule has 0 heterocycles. The molecule has 1 amide bonds. The summed E-state index contributed by atoms with van der Waals surface area (Å²) in [5.74, 6) is 0.372. The minimum absolute atomic E-state index is 0.246. The van der Waals surface area contributed by atoms with Crippen LogP contribution in [-0.4, -0.2) is 42.5 Å².